The Morgan fingerprint density at radius 1 is 0.862 bits per heavy atom. The highest BCUT2D eigenvalue weighted by Crippen LogP contribution is 2.27. The quantitative estimate of drug-likeness (QED) is 0.271. The van der Waals surface area contributed by atoms with Crippen LogP contribution in [0.3, 0.4) is 0 Å². The van der Waals surface area contributed by atoms with Crippen molar-refractivity contribution in [3.05, 3.63) is 58.7 Å². The number of aryl methyl sites for hydroxylation is 2. The Kier molecular flexibility index (Phi) is 15.2. The number of rotatable bonds is 14. The smallest absolute Gasteiger partial charge is 0.410 e. The molecule has 0 aliphatic carbocycles. The highest BCUT2D eigenvalue weighted by molar-refractivity contribution is 5.91. The number of para-hydroxylation sites is 1. The molecule has 4 amide bonds. The normalized spacial score (nSPS) is 19.4. The summed E-state index contributed by atoms with van der Waals surface area (Å²) in [6.07, 6.45) is 2.52. The number of fused-ring (bicyclic) bond motifs is 1. The lowest BCUT2D eigenvalue weighted by molar-refractivity contribution is -0.145. The maximum Gasteiger partial charge on any atom is 0.410 e. The fourth-order valence-electron chi connectivity index (χ4n) is 8.71. The van der Waals surface area contributed by atoms with Gasteiger partial charge in [0, 0.05) is 103 Å². The molecule has 1 atom stereocenters. The third-order valence-electron chi connectivity index (χ3n) is 12.3. The van der Waals surface area contributed by atoms with Crippen LogP contribution in [-0.4, -0.2) is 183 Å². The van der Waals surface area contributed by atoms with Gasteiger partial charge in [-0.15, -0.1) is 0 Å². The average molecular weight is 806 g/mol. The summed E-state index contributed by atoms with van der Waals surface area (Å²) in [7, 11) is 3.65. The van der Waals surface area contributed by atoms with E-state index >= 15 is 0 Å². The highest BCUT2D eigenvalue weighted by Gasteiger charge is 2.36. The fraction of sp³-hybridized carbons (Fsp3) is 0.628. The van der Waals surface area contributed by atoms with Crippen molar-refractivity contribution in [2.24, 2.45) is 0 Å². The van der Waals surface area contributed by atoms with Gasteiger partial charge in [0.05, 0.1) is 13.2 Å². The van der Waals surface area contributed by atoms with E-state index in [0.717, 1.165) is 68.8 Å². The number of esters is 1. The first-order valence-electron chi connectivity index (χ1n) is 21.0. The number of hydrogen-bond donors (Lipinski definition) is 2. The maximum absolute atomic E-state index is 14.2. The van der Waals surface area contributed by atoms with E-state index in [0.29, 0.717) is 89.0 Å². The van der Waals surface area contributed by atoms with Crippen molar-refractivity contribution in [3.63, 3.8) is 0 Å². The van der Waals surface area contributed by atoms with Gasteiger partial charge in [0.2, 0.25) is 0 Å². The first-order valence-corrected chi connectivity index (χ1v) is 21.0. The van der Waals surface area contributed by atoms with E-state index in [1.54, 1.807) is 12.0 Å². The lowest BCUT2D eigenvalue weighted by atomic mass is 10.00. The number of phenols is 1. The van der Waals surface area contributed by atoms with E-state index in [4.69, 9.17) is 14.2 Å². The van der Waals surface area contributed by atoms with Crippen LogP contribution in [0.4, 0.5) is 15.3 Å². The largest absolute Gasteiger partial charge is 0.507 e. The molecule has 318 valence electrons. The van der Waals surface area contributed by atoms with Gasteiger partial charge in [0.15, 0.2) is 6.10 Å². The number of benzene rings is 2. The molecule has 0 aromatic heterocycles. The second-order valence-corrected chi connectivity index (χ2v) is 16.3. The van der Waals surface area contributed by atoms with Crippen molar-refractivity contribution in [3.8, 4) is 5.75 Å². The monoisotopic (exact) mass is 805 g/mol. The Hall–Kier alpha value is -4.44. The zero-order valence-electron chi connectivity index (χ0n) is 34.8. The molecular weight excluding hydrogens is 743 g/mol. The van der Waals surface area contributed by atoms with Crippen LogP contribution < -0.4 is 5.32 Å². The van der Waals surface area contributed by atoms with E-state index < -0.39 is 12.2 Å². The topological polar surface area (TPSA) is 148 Å². The third-order valence-corrected chi connectivity index (χ3v) is 12.3. The number of aromatic hydroxyl groups is 1. The molecule has 2 aromatic carbocycles. The summed E-state index contributed by atoms with van der Waals surface area (Å²) in [4.78, 5) is 65.6. The molecule has 0 bridgehead atoms. The molecule has 3 saturated heterocycles. The number of piperazine rings is 1. The number of piperidine rings is 2. The Bertz CT molecular complexity index is 1700. The molecule has 4 aliphatic heterocycles. The van der Waals surface area contributed by atoms with E-state index in [1.165, 1.54) is 0 Å². The van der Waals surface area contributed by atoms with Crippen molar-refractivity contribution in [1.82, 2.24) is 29.4 Å². The second kappa shape index (κ2) is 20.5. The van der Waals surface area contributed by atoms with Crippen molar-refractivity contribution in [2.75, 3.05) is 111 Å². The molecular formula is C43H63N7O8. The van der Waals surface area contributed by atoms with Crippen molar-refractivity contribution >= 4 is 29.7 Å². The van der Waals surface area contributed by atoms with E-state index in [2.05, 4.69) is 20.0 Å². The van der Waals surface area contributed by atoms with Gasteiger partial charge < -0.3 is 44.2 Å². The molecule has 2 N–H and O–H groups in total. The number of phenolic OH excluding ortho intramolecular Hbond substituents is 1. The molecule has 0 unspecified atom stereocenters. The first-order chi connectivity index (χ1) is 28.0. The number of nitrogens with one attached hydrogen (secondary N) is 1. The van der Waals surface area contributed by atoms with Crippen molar-refractivity contribution < 1.29 is 38.5 Å². The van der Waals surface area contributed by atoms with Gasteiger partial charge in [0.1, 0.15) is 12.4 Å². The van der Waals surface area contributed by atoms with E-state index in [9.17, 15) is 24.3 Å². The van der Waals surface area contributed by atoms with Gasteiger partial charge in [-0.1, -0.05) is 30.3 Å². The number of hydrogen-bond acceptors (Lipinski definition) is 11. The SMILES string of the molecule is COCCN(C)CCOC(=O)CN1CCC(N2CCN(C(=O)[C@@H](Cc3cc(C)c(O)c(C)c3)OC(=O)N3CCC(N4CCc5ccccc5NC4=O)CC3)CC2)CC1. The Balaban J connectivity index is 0.989. The van der Waals surface area contributed by atoms with Crippen molar-refractivity contribution in [1.29, 1.82) is 0 Å². The summed E-state index contributed by atoms with van der Waals surface area (Å²) in [6, 6.07) is 11.8. The van der Waals surface area contributed by atoms with Crippen LogP contribution in [-0.2, 0) is 36.6 Å². The number of likely N-dealkylation sites (N-methyl/N-ethyl adjacent to an activating group) is 1. The number of likely N-dealkylation sites (tertiary alicyclic amines) is 2. The molecule has 0 spiro atoms. The highest BCUT2D eigenvalue weighted by atomic mass is 16.6. The number of amides is 4. The number of urea groups is 1. The van der Waals surface area contributed by atoms with Crippen LogP contribution >= 0.6 is 0 Å². The molecule has 58 heavy (non-hydrogen) atoms. The van der Waals surface area contributed by atoms with Gasteiger partial charge in [0.25, 0.3) is 5.91 Å². The molecule has 4 aliphatic rings. The van der Waals surface area contributed by atoms with Crippen LogP contribution in [0, 0.1) is 13.8 Å². The molecule has 3 fully saturated rings. The number of carbonyl (C=O) groups excluding carboxylic acids is 4. The number of anilines is 1. The predicted molar refractivity (Wildman–Crippen MR) is 220 cm³/mol. The molecule has 4 heterocycles. The van der Waals surface area contributed by atoms with Gasteiger partial charge in [-0.3, -0.25) is 19.4 Å². The molecule has 2 aromatic rings. The lowest BCUT2D eigenvalue weighted by Gasteiger charge is -2.43. The van der Waals surface area contributed by atoms with Crippen LogP contribution in [0.15, 0.2) is 36.4 Å². The van der Waals surface area contributed by atoms with Gasteiger partial charge in [-0.05, 0) is 81.3 Å². The van der Waals surface area contributed by atoms with Gasteiger partial charge in [-0.25, -0.2) is 9.59 Å². The average Bonchev–Trinajstić information content (AvgIpc) is 3.39. The third kappa shape index (κ3) is 11.4. The summed E-state index contributed by atoms with van der Waals surface area (Å²) in [5, 5.41) is 13.5. The van der Waals surface area contributed by atoms with Crippen LogP contribution in [0.25, 0.3) is 0 Å². The van der Waals surface area contributed by atoms with Gasteiger partial charge in [-0.2, -0.15) is 0 Å². The van der Waals surface area contributed by atoms with Crippen LogP contribution in [0.5, 0.6) is 5.75 Å². The minimum absolute atomic E-state index is 0.00671. The Morgan fingerprint density at radius 3 is 2.21 bits per heavy atom. The Labute approximate surface area is 343 Å². The predicted octanol–water partition coefficient (Wildman–Crippen LogP) is 3.34. The molecule has 15 heteroatoms. The standard InChI is InChI=1S/C43H63N7O8/c1-31-27-33(28-32(2)40(31)52)29-38(58-43(55)49-16-12-36(13-17-49)50-18-9-34-7-5-6-8-37(34)44-42(50)54)41(53)48-21-19-47(20-22-48)35-10-14-46(15-11-35)30-39(51)57-26-24-45(3)23-25-56-4/h5-8,27-28,35-36,38,52H,9-26,29-30H2,1-4H3,(H,44,54)/t38-/m1/s1. The molecule has 15 nitrogen and oxygen atoms in total. The summed E-state index contributed by atoms with van der Waals surface area (Å²) in [6.45, 7) is 12.0. The number of ether oxygens (including phenoxy) is 3. The van der Waals surface area contributed by atoms with Gasteiger partial charge >= 0.3 is 18.1 Å². The number of carbonyl (C=O) groups is 4. The van der Waals surface area contributed by atoms with Crippen LogP contribution in [0.2, 0.25) is 0 Å². The Morgan fingerprint density at radius 2 is 1.52 bits per heavy atom. The fourth-order valence-corrected chi connectivity index (χ4v) is 8.71. The molecule has 0 saturated carbocycles. The number of methoxy groups -OCH3 is 1. The molecule has 0 radical (unpaired) electrons. The summed E-state index contributed by atoms with van der Waals surface area (Å²) >= 11 is 0. The lowest BCUT2D eigenvalue weighted by Crippen LogP contribution is -2.57. The van der Waals surface area contributed by atoms with E-state index in [-0.39, 0.29) is 36.1 Å². The van der Waals surface area contributed by atoms with E-state index in [1.807, 2.05) is 67.1 Å². The number of nitrogens with zero attached hydrogens (tertiary/aromatic N) is 6. The van der Waals surface area contributed by atoms with Crippen LogP contribution in [0.1, 0.15) is 47.9 Å². The van der Waals surface area contributed by atoms with Crippen molar-refractivity contribution in [2.45, 2.75) is 70.6 Å². The zero-order chi connectivity index (χ0) is 41.2. The zero-order valence-corrected chi connectivity index (χ0v) is 34.8. The first kappa shape index (κ1) is 43.1. The minimum Gasteiger partial charge on any atom is -0.507 e. The summed E-state index contributed by atoms with van der Waals surface area (Å²) < 4.78 is 16.7. The minimum atomic E-state index is -1.02. The maximum atomic E-state index is 14.2. The second-order valence-electron chi connectivity index (χ2n) is 16.3. The summed E-state index contributed by atoms with van der Waals surface area (Å²) in [5.41, 5.74) is 4.18. The summed E-state index contributed by atoms with van der Waals surface area (Å²) in [5.74, 6) is -0.199. The molecule has 6 rings (SSSR count).